The molecule has 0 aliphatic rings. The van der Waals surface area contributed by atoms with E-state index in [9.17, 15) is 9.59 Å². The van der Waals surface area contributed by atoms with Crippen molar-refractivity contribution in [3.8, 4) is 5.75 Å². The van der Waals surface area contributed by atoms with Crippen LogP contribution >= 0.6 is 0 Å². The quantitative estimate of drug-likeness (QED) is 0.571. The molecule has 0 radical (unpaired) electrons. The van der Waals surface area contributed by atoms with Crippen LogP contribution < -0.4 is 15.4 Å². The van der Waals surface area contributed by atoms with Gasteiger partial charge in [-0.05, 0) is 35.2 Å². The van der Waals surface area contributed by atoms with Gasteiger partial charge in [0.05, 0.1) is 11.3 Å². The molecule has 0 unspecified atom stereocenters. The number of ether oxygens (including phenoxy) is 1. The van der Waals surface area contributed by atoms with E-state index in [-0.39, 0.29) is 18.4 Å². The Morgan fingerprint density at radius 1 is 0.867 bits per heavy atom. The van der Waals surface area contributed by atoms with Crippen molar-refractivity contribution < 1.29 is 14.3 Å². The van der Waals surface area contributed by atoms with Crippen molar-refractivity contribution >= 4 is 17.5 Å². The minimum atomic E-state index is -0.322. The second-order valence-electron chi connectivity index (χ2n) is 7.24. The largest absolute Gasteiger partial charge is 0.483 e. The summed E-state index contributed by atoms with van der Waals surface area (Å²) in [6.45, 7) is 4.43. The number of anilines is 1. The van der Waals surface area contributed by atoms with Gasteiger partial charge < -0.3 is 15.4 Å². The van der Waals surface area contributed by atoms with Gasteiger partial charge in [-0.2, -0.15) is 0 Å². The minimum absolute atomic E-state index is 0.135. The summed E-state index contributed by atoms with van der Waals surface area (Å²) in [5.41, 5.74) is 2.91. The van der Waals surface area contributed by atoms with Gasteiger partial charge in [-0.15, -0.1) is 0 Å². The van der Waals surface area contributed by atoms with E-state index >= 15 is 0 Å². The van der Waals surface area contributed by atoms with Crippen LogP contribution in [0, 0.1) is 0 Å². The molecule has 30 heavy (non-hydrogen) atoms. The van der Waals surface area contributed by atoms with Crippen molar-refractivity contribution in [1.82, 2.24) is 5.32 Å². The number of benzene rings is 3. The lowest BCUT2D eigenvalue weighted by atomic mass is 10.0. The van der Waals surface area contributed by atoms with Crippen LogP contribution in [0.4, 0.5) is 5.69 Å². The van der Waals surface area contributed by atoms with E-state index in [0.29, 0.717) is 29.5 Å². The molecular formula is C25H26N2O3. The maximum atomic E-state index is 12.6. The first-order valence-corrected chi connectivity index (χ1v) is 9.97. The summed E-state index contributed by atoms with van der Waals surface area (Å²) in [4.78, 5) is 25.1. The van der Waals surface area contributed by atoms with Crippen LogP contribution in [0.2, 0.25) is 0 Å². The predicted molar refractivity (Wildman–Crippen MR) is 119 cm³/mol. The Labute approximate surface area is 177 Å². The predicted octanol–water partition coefficient (Wildman–Crippen LogP) is 4.76. The number of hydrogen-bond donors (Lipinski definition) is 2. The van der Waals surface area contributed by atoms with E-state index in [1.165, 1.54) is 0 Å². The molecule has 154 valence electrons. The summed E-state index contributed by atoms with van der Waals surface area (Å²) in [5, 5.41) is 5.67. The highest BCUT2D eigenvalue weighted by molar-refractivity contribution is 6.04. The third kappa shape index (κ3) is 5.70. The van der Waals surface area contributed by atoms with E-state index in [4.69, 9.17) is 4.74 Å². The van der Waals surface area contributed by atoms with Crippen molar-refractivity contribution in [2.24, 2.45) is 0 Å². The Balaban J connectivity index is 1.61. The molecule has 0 aliphatic carbocycles. The molecule has 0 aliphatic heterocycles. The van der Waals surface area contributed by atoms with Gasteiger partial charge in [0.15, 0.2) is 6.61 Å². The van der Waals surface area contributed by atoms with Gasteiger partial charge in [0.2, 0.25) is 0 Å². The summed E-state index contributed by atoms with van der Waals surface area (Å²) in [7, 11) is 0. The third-order valence-electron chi connectivity index (χ3n) is 4.64. The molecule has 0 saturated heterocycles. The summed E-state index contributed by atoms with van der Waals surface area (Å²) >= 11 is 0. The molecule has 0 bridgehead atoms. The lowest BCUT2D eigenvalue weighted by Gasteiger charge is -2.15. The summed E-state index contributed by atoms with van der Waals surface area (Å²) in [5.74, 6) is 0.410. The average molecular weight is 402 g/mol. The Kier molecular flexibility index (Phi) is 7.22. The fraction of sp³-hybridized carbons (Fsp3) is 0.200. The van der Waals surface area contributed by atoms with Crippen molar-refractivity contribution in [3.63, 3.8) is 0 Å². The van der Waals surface area contributed by atoms with Crippen LogP contribution in [-0.2, 0) is 11.3 Å². The minimum Gasteiger partial charge on any atom is -0.483 e. The maximum Gasteiger partial charge on any atom is 0.262 e. The van der Waals surface area contributed by atoms with E-state index in [0.717, 1.165) is 11.1 Å². The number of carbonyl (C=O) groups excluding carboxylic acids is 2. The smallest absolute Gasteiger partial charge is 0.262 e. The van der Waals surface area contributed by atoms with Crippen LogP contribution in [0.5, 0.6) is 5.75 Å². The Bertz CT molecular complexity index is 1000. The molecule has 0 fully saturated rings. The van der Waals surface area contributed by atoms with E-state index in [1.807, 2.05) is 54.6 Å². The molecule has 2 amide bonds. The fourth-order valence-corrected chi connectivity index (χ4v) is 3.08. The summed E-state index contributed by atoms with van der Waals surface area (Å²) < 4.78 is 5.73. The first kappa shape index (κ1) is 21.1. The average Bonchev–Trinajstić information content (AvgIpc) is 2.77. The van der Waals surface area contributed by atoms with Crippen LogP contribution in [0.1, 0.15) is 41.3 Å². The molecule has 0 spiro atoms. The number of nitrogens with one attached hydrogen (secondary N) is 2. The van der Waals surface area contributed by atoms with Gasteiger partial charge in [0.1, 0.15) is 5.75 Å². The number of amides is 2. The number of carbonyl (C=O) groups is 2. The van der Waals surface area contributed by atoms with Gasteiger partial charge >= 0.3 is 0 Å². The molecular weight excluding hydrogens is 376 g/mol. The highest BCUT2D eigenvalue weighted by Gasteiger charge is 2.14. The van der Waals surface area contributed by atoms with Crippen molar-refractivity contribution in [2.75, 3.05) is 11.9 Å². The van der Waals surface area contributed by atoms with E-state index in [1.54, 1.807) is 24.3 Å². The van der Waals surface area contributed by atoms with Gasteiger partial charge in [0.25, 0.3) is 11.8 Å². The molecule has 0 aromatic heterocycles. The summed E-state index contributed by atoms with van der Waals surface area (Å²) in [6, 6.07) is 24.3. The first-order chi connectivity index (χ1) is 14.5. The van der Waals surface area contributed by atoms with Gasteiger partial charge in [0, 0.05) is 6.54 Å². The Morgan fingerprint density at radius 2 is 1.53 bits per heavy atom. The van der Waals surface area contributed by atoms with Crippen LogP contribution in [0.25, 0.3) is 0 Å². The van der Waals surface area contributed by atoms with E-state index < -0.39 is 0 Å². The number of para-hydroxylation sites is 2. The number of hydrogen-bond acceptors (Lipinski definition) is 3. The zero-order valence-electron chi connectivity index (χ0n) is 17.2. The van der Waals surface area contributed by atoms with E-state index in [2.05, 4.69) is 24.5 Å². The van der Waals surface area contributed by atoms with Gasteiger partial charge in [-0.1, -0.05) is 74.5 Å². The van der Waals surface area contributed by atoms with Crippen LogP contribution in [0.15, 0.2) is 78.9 Å². The molecule has 0 heterocycles. The highest BCUT2D eigenvalue weighted by Crippen LogP contribution is 2.25. The van der Waals surface area contributed by atoms with Crippen molar-refractivity contribution in [3.05, 3.63) is 95.6 Å². The molecule has 2 N–H and O–H groups in total. The molecule has 3 aromatic carbocycles. The van der Waals surface area contributed by atoms with Gasteiger partial charge in [-0.25, -0.2) is 0 Å². The molecule has 5 nitrogen and oxygen atoms in total. The first-order valence-electron chi connectivity index (χ1n) is 9.97. The summed E-state index contributed by atoms with van der Waals surface area (Å²) in [6.07, 6.45) is 0. The van der Waals surface area contributed by atoms with Gasteiger partial charge in [-0.3, -0.25) is 9.59 Å². The number of rotatable bonds is 8. The monoisotopic (exact) mass is 402 g/mol. The Hall–Kier alpha value is -3.60. The van der Waals surface area contributed by atoms with Crippen LogP contribution in [0.3, 0.4) is 0 Å². The molecule has 3 aromatic rings. The lowest BCUT2D eigenvalue weighted by Crippen LogP contribution is -2.26. The molecule has 0 saturated carbocycles. The zero-order chi connectivity index (χ0) is 21.3. The maximum absolute atomic E-state index is 12.6. The highest BCUT2D eigenvalue weighted by atomic mass is 16.5. The molecule has 3 rings (SSSR count). The Morgan fingerprint density at radius 3 is 2.30 bits per heavy atom. The normalized spacial score (nSPS) is 10.5. The van der Waals surface area contributed by atoms with Crippen molar-refractivity contribution in [2.45, 2.75) is 26.3 Å². The molecule has 5 heteroatoms. The SMILES string of the molecule is CC(C)c1ccccc1OCC(=O)Nc1ccccc1C(=O)NCc1ccccc1. The topological polar surface area (TPSA) is 67.4 Å². The van der Waals surface area contributed by atoms with Crippen LogP contribution in [-0.4, -0.2) is 18.4 Å². The second kappa shape index (κ2) is 10.3. The standard InChI is InChI=1S/C25H26N2O3/c1-18(2)20-12-7-9-15-23(20)30-17-24(28)27-22-14-8-6-13-21(22)25(29)26-16-19-10-4-3-5-11-19/h3-15,18H,16-17H2,1-2H3,(H,26,29)(H,27,28). The third-order valence-corrected chi connectivity index (χ3v) is 4.64. The molecule has 0 atom stereocenters. The van der Waals surface area contributed by atoms with Crippen molar-refractivity contribution in [1.29, 1.82) is 0 Å². The second-order valence-corrected chi connectivity index (χ2v) is 7.24. The fourth-order valence-electron chi connectivity index (χ4n) is 3.08. The lowest BCUT2D eigenvalue weighted by molar-refractivity contribution is -0.118. The zero-order valence-corrected chi connectivity index (χ0v) is 17.2.